The molecule has 0 aromatic heterocycles. The lowest BCUT2D eigenvalue weighted by Gasteiger charge is -2.15. The molecule has 1 aliphatic rings. The summed E-state index contributed by atoms with van der Waals surface area (Å²) in [5.74, 6) is 0.677. The van der Waals surface area contributed by atoms with E-state index in [-0.39, 0.29) is 11.7 Å². The second-order valence-corrected chi connectivity index (χ2v) is 6.00. The predicted octanol–water partition coefficient (Wildman–Crippen LogP) is 2.13. The van der Waals surface area contributed by atoms with Crippen molar-refractivity contribution in [3.8, 4) is 0 Å². The Bertz CT molecular complexity index is 437. The summed E-state index contributed by atoms with van der Waals surface area (Å²) in [6, 6.07) is 7.18. The number of carbonyl (C=O) groups is 1. The van der Waals surface area contributed by atoms with Gasteiger partial charge in [0.05, 0.1) is 6.54 Å². The standard InChI is InChI=1S/C14H19FN2OS/c1-17(10-14(18)16-11-6-7-11)8-9-19-13-5-3-2-4-12(13)15/h2-5,11H,6-10H2,1H3,(H,16,18). The van der Waals surface area contributed by atoms with Crippen LogP contribution in [0.2, 0.25) is 0 Å². The second kappa shape index (κ2) is 6.91. The molecule has 1 fully saturated rings. The van der Waals surface area contributed by atoms with Crippen LogP contribution in [0, 0.1) is 5.82 Å². The summed E-state index contributed by atoms with van der Waals surface area (Å²) in [4.78, 5) is 14.2. The van der Waals surface area contributed by atoms with Gasteiger partial charge in [-0.2, -0.15) is 0 Å². The molecule has 1 aromatic rings. The van der Waals surface area contributed by atoms with Gasteiger partial charge in [0, 0.05) is 23.2 Å². The lowest BCUT2D eigenvalue weighted by molar-refractivity contribution is -0.122. The zero-order chi connectivity index (χ0) is 13.7. The molecule has 0 unspecified atom stereocenters. The molecule has 0 aliphatic heterocycles. The van der Waals surface area contributed by atoms with Gasteiger partial charge >= 0.3 is 0 Å². The van der Waals surface area contributed by atoms with E-state index in [2.05, 4.69) is 5.32 Å². The van der Waals surface area contributed by atoms with E-state index in [4.69, 9.17) is 0 Å². The molecule has 0 heterocycles. The smallest absolute Gasteiger partial charge is 0.234 e. The van der Waals surface area contributed by atoms with Crippen molar-refractivity contribution in [2.45, 2.75) is 23.8 Å². The molecule has 0 bridgehead atoms. The average Bonchev–Trinajstić information content (AvgIpc) is 3.15. The number of nitrogens with one attached hydrogen (secondary N) is 1. The topological polar surface area (TPSA) is 32.3 Å². The van der Waals surface area contributed by atoms with E-state index >= 15 is 0 Å². The maximum absolute atomic E-state index is 13.4. The van der Waals surface area contributed by atoms with Crippen LogP contribution in [0.5, 0.6) is 0 Å². The molecule has 1 saturated carbocycles. The van der Waals surface area contributed by atoms with E-state index in [9.17, 15) is 9.18 Å². The van der Waals surface area contributed by atoms with Gasteiger partial charge in [-0.15, -0.1) is 11.8 Å². The summed E-state index contributed by atoms with van der Waals surface area (Å²) in [6.45, 7) is 1.17. The highest BCUT2D eigenvalue weighted by Gasteiger charge is 2.23. The maximum atomic E-state index is 13.4. The molecule has 2 rings (SSSR count). The van der Waals surface area contributed by atoms with Gasteiger partial charge in [0.15, 0.2) is 0 Å². The second-order valence-electron chi connectivity index (χ2n) is 4.86. The average molecular weight is 282 g/mol. The van der Waals surface area contributed by atoms with Crippen molar-refractivity contribution in [3.05, 3.63) is 30.1 Å². The first-order valence-electron chi connectivity index (χ1n) is 6.50. The van der Waals surface area contributed by atoms with Crippen molar-refractivity contribution in [2.24, 2.45) is 0 Å². The Hall–Kier alpha value is -1.07. The summed E-state index contributed by atoms with van der Waals surface area (Å²) >= 11 is 1.48. The third-order valence-electron chi connectivity index (χ3n) is 2.92. The first kappa shape index (κ1) is 14.3. The molecule has 0 spiro atoms. The van der Waals surface area contributed by atoms with Crippen LogP contribution in [0.15, 0.2) is 29.2 Å². The Morgan fingerprint density at radius 1 is 1.47 bits per heavy atom. The monoisotopic (exact) mass is 282 g/mol. The molecule has 0 radical (unpaired) electrons. The maximum Gasteiger partial charge on any atom is 0.234 e. The van der Waals surface area contributed by atoms with Gasteiger partial charge in [-0.1, -0.05) is 12.1 Å². The molecule has 1 aromatic carbocycles. The number of amides is 1. The van der Waals surface area contributed by atoms with Crippen LogP contribution >= 0.6 is 11.8 Å². The third kappa shape index (κ3) is 5.20. The third-order valence-corrected chi connectivity index (χ3v) is 3.95. The van der Waals surface area contributed by atoms with E-state index in [0.717, 1.165) is 25.1 Å². The van der Waals surface area contributed by atoms with Crippen molar-refractivity contribution >= 4 is 17.7 Å². The quantitative estimate of drug-likeness (QED) is 0.778. The van der Waals surface area contributed by atoms with Crippen molar-refractivity contribution in [2.75, 3.05) is 25.9 Å². The number of hydrogen-bond donors (Lipinski definition) is 1. The first-order valence-corrected chi connectivity index (χ1v) is 7.49. The summed E-state index contributed by atoms with van der Waals surface area (Å²) in [7, 11) is 1.91. The van der Waals surface area contributed by atoms with Crippen molar-refractivity contribution in [1.29, 1.82) is 0 Å². The summed E-state index contributed by atoms with van der Waals surface area (Å²) in [6.07, 6.45) is 2.22. The molecule has 5 heteroatoms. The van der Waals surface area contributed by atoms with Crippen molar-refractivity contribution < 1.29 is 9.18 Å². The van der Waals surface area contributed by atoms with Crippen LogP contribution < -0.4 is 5.32 Å². The Morgan fingerprint density at radius 2 is 2.21 bits per heavy atom. The van der Waals surface area contributed by atoms with Gasteiger partial charge in [-0.3, -0.25) is 9.69 Å². The van der Waals surface area contributed by atoms with Crippen LogP contribution in [0.1, 0.15) is 12.8 Å². The Morgan fingerprint density at radius 3 is 2.89 bits per heavy atom. The molecule has 1 N–H and O–H groups in total. The minimum absolute atomic E-state index is 0.0842. The van der Waals surface area contributed by atoms with Gasteiger partial charge in [0.2, 0.25) is 5.91 Å². The molecule has 0 saturated heterocycles. The minimum Gasteiger partial charge on any atom is -0.352 e. The SMILES string of the molecule is CN(CCSc1ccccc1F)CC(=O)NC1CC1. The first-order chi connectivity index (χ1) is 9.15. The highest BCUT2D eigenvalue weighted by atomic mass is 32.2. The largest absolute Gasteiger partial charge is 0.352 e. The minimum atomic E-state index is -0.179. The lowest BCUT2D eigenvalue weighted by Crippen LogP contribution is -2.37. The fraction of sp³-hybridized carbons (Fsp3) is 0.500. The van der Waals surface area contributed by atoms with Crippen LogP contribution in [-0.2, 0) is 4.79 Å². The number of thioether (sulfide) groups is 1. The molecule has 3 nitrogen and oxygen atoms in total. The van der Waals surface area contributed by atoms with E-state index in [1.54, 1.807) is 12.1 Å². The van der Waals surface area contributed by atoms with Gasteiger partial charge in [0.25, 0.3) is 0 Å². The van der Waals surface area contributed by atoms with Crippen LogP contribution in [0.4, 0.5) is 4.39 Å². The molecular weight excluding hydrogens is 263 g/mol. The van der Waals surface area contributed by atoms with E-state index in [1.807, 2.05) is 18.0 Å². The number of halogens is 1. The molecule has 1 amide bonds. The lowest BCUT2D eigenvalue weighted by atomic mass is 10.3. The fourth-order valence-corrected chi connectivity index (χ4v) is 2.70. The van der Waals surface area contributed by atoms with Gasteiger partial charge < -0.3 is 5.32 Å². The van der Waals surface area contributed by atoms with Gasteiger partial charge in [-0.25, -0.2) is 4.39 Å². The fourth-order valence-electron chi connectivity index (χ4n) is 1.70. The van der Waals surface area contributed by atoms with E-state index < -0.39 is 0 Å². The Labute approximate surface area is 117 Å². The van der Waals surface area contributed by atoms with E-state index in [0.29, 0.717) is 17.5 Å². The summed E-state index contributed by atoms with van der Waals surface area (Å²) < 4.78 is 13.4. The van der Waals surface area contributed by atoms with Gasteiger partial charge in [0.1, 0.15) is 5.82 Å². The van der Waals surface area contributed by atoms with E-state index in [1.165, 1.54) is 17.8 Å². The number of likely N-dealkylation sites (N-methyl/N-ethyl adjacent to an activating group) is 1. The number of hydrogen-bond acceptors (Lipinski definition) is 3. The zero-order valence-electron chi connectivity index (χ0n) is 11.1. The number of benzene rings is 1. The molecule has 19 heavy (non-hydrogen) atoms. The number of nitrogens with zero attached hydrogens (tertiary/aromatic N) is 1. The van der Waals surface area contributed by atoms with Crippen LogP contribution in [-0.4, -0.2) is 42.7 Å². The molecule has 104 valence electrons. The Balaban J connectivity index is 1.64. The normalized spacial score (nSPS) is 14.7. The highest BCUT2D eigenvalue weighted by Crippen LogP contribution is 2.21. The summed E-state index contributed by atoms with van der Waals surface area (Å²) in [5.41, 5.74) is 0. The van der Waals surface area contributed by atoms with Crippen molar-refractivity contribution in [3.63, 3.8) is 0 Å². The zero-order valence-corrected chi connectivity index (χ0v) is 11.9. The highest BCUT2D eigenvalue weighted by molar-refractivity contribution is 7.99. The Kier molecular flexibility index (Phi) is 5.22. The van der Waals surface area contributed by atoms with Crippen LogP contribution in [0.3, 0.4) is 0 Å². The number of carbonyl (C=O) groups excluding carboxylic acids is 1. The van der Waals surface area contributed by atoms with Crippen LogP contribution in [0.25, 0.3) is 0 Å². The number of rotatable bonds is 7. The van der Waals surface area contributed by atoms with Crippen molar-refractivity contribution in [1.82, 2.24) is 10.2 Å². The summed E-state index contributed by atoms with van der Waals surface area (Å²) in [5, 5.41) is 2.95. The predicted molar refractivity (Wildman–Crippen MR) is 75.8 cm³/mol. The molecule has 1 aliphatic carbocycles. The van der Waals surface area contributed by atoms with Gasteiger partial charge in [-0.05, 0) is 32.0 Å². The molecule has 0 atom stereocenters. The molecular formula is C14H19FN2OS.